The molecule has 0 saturated carbocycles. The van der Waals surface area contributed by atoms with Gasteiger partial charge in [0, 0.05) is 30.7 Å². The molecule has 1 saturated heterocycles. The van der Waals surface area contributed by atoms with Crippen LogP contribution in [0.3, 0.4) is 0 Å². The highest BCUT2D eigenvalue weighted by atomic mass is 16.2. The van der Waals surface area contributed by atoms with Gasteiger partial charge in [0.1, 0.15) is 0 Å². The van der Waals surface area contributed by atoms with Crippen molar-refractivity contribution >= 4 is 11.7 Å². The van der Waals surface area contributed by atoms with Crippen LogP contribution in [0.25, 0.3) is 0 Å². The van der Waals surface area contributed by atoms with E-state index in [0.717, 1.165) is 25.2 Å². The summed E-state index contributed by atoms with van der Waals surface area (Å²) >= 11 is 0. The number of carbonyl (C=O) groups is 1. The molecule has 2 aliphatic rings. The van der Waals surface area contributed by atoms with Crippen molar-refractivity contribution in [1.29, 1.82) is 0 Å². The summed E-state index contributed by atoms with van der Waals surface area (Å²) in [5, 5.41) is 2.96. The maximum Gasteiger partial charge on any atom is 0.322 e. The summed E-state index contributed by atoms with van der Waals surface area (Å²) in [6, 6.07) is 6.83. The minimum Gasteiger partial charge on any atom is -0.338 e. The monoisotopic (exact) mass is 273 g/mol. The summed E-state index contributed by atoms with van der Waals surface area (Å²) in [5.74, 6) is 0.450. The number of amides is 2. The number of hydrogen-bond donors (Lipinski definition) is 1. The normalized spacial score (nSPS) is 25.2. The first kappa shape index (κ1) is 13.4. The lowest BCUT2D eigenvalue weighted by Gasteiger charge is -2.36. The minimum atomic E-state index is 0.0506. The zero-order valence-corrected chi connectivity index (χ0v) is 12.5. The predicted octanol–water partition coefficient (Wildman–Crippen LogP) is 2.33. The molecule has 20 heavy (non-hydrogen) atoms. The lowest BCUT2D eigenvalue weighted by atomic mass is 9.89. The predicted molar refractivity (Wildman–Crippen MR) is 81.4 cm³/mol. The molecule has 4 heteroatoms. The molecule has 108 valence electrons. The number of likely N-dealkylation sites (tertiary alicyclic amines) is 1. The smallest absolute Gasteiger partial charge is 0.322 e. The van der Waals surface area contributed by atoms with E-state index in [1.165, 1.54) is 11.1 Å². The molecule has 1 N–H and O–H groups in total. The summed E-state index contributed by atoms with van der Waals surface area (Å²) in [6.45, 7) is 6.86. The van der Waals surface area contributed by atoms with Crippen molar-refractivity contribution in [3.63, 3.8) is 0 Å². The first-order chi connectivity index (χ1) is 9.61. The van der Waals surface area contributed by atoms with Crippen molar-refractivity contribution in [3.8, 4) is 0 Å². The SMILES string of the molecule is CCNC(=O)N1c2ccc(C)cc2[C@@H]2CN(C)CC[C@@H]21. The third-order valence-corrected chi connectivity index (χ3v) is 4.50. The molecule has 0 radical (unpaired) electrons. The molecule has 0 aromatic heterocycles. The Morgan fingerprint density at radius 1 is 1.45 bits per heavy atom. The van der Waals surface area contributed by atoms with Gasteiger partial charge in [-0.1, -0.05) is 17.7 Å². The average Bonchev–Trinajstić information content (AvgIpc) is 2.72. The molecule has 2 aliphatic heterocycles. The molecule has 1 aromatic carbocycles. The maximum absolute atomic E-state index is 12.4. The number of fused-ring (bicyclic) bond motifs is 3. The fraction of sp³-hybridized carbons (Fsp3) is 0.562. The zero-order chi connectivity index (χ0) is 14.3. The third kappa shape index (κ3) is 2.08. The van der Waals surface area contributed by atoms with Crippen molar-refractivity contribution in [2.45, 2.75) is 32.2 Å². The van der Waals surface area contributed by atoms with E-state index in [4.69, 9.17) is 0 Å². The second-order valence-electron chi connectivity index (χ2n) is 5.99. The summed E-state index contributed by atoms with van der Waals surface area (Å²) in [6.07, 6.45) is 1.05. The quantitative estimate of drug-likeness (QED) is 0.852. The molecule has 1 fully saturated rings. The van der Waals surface area contributed by atoms with E-state index in [1.54, 1.807) is 0 Å². The molecule has 0 bridgehead atoms. The third-order valence-electron chi connectivity index (χ3n) is 4.50. The Morgan fingerprint density at radius 3 is 3.00 bits per heavy atom. The van der Waals surface area contributed by atoms with Gasteiger partial charge in [-0.2, -0.15) is 0 Å². The van der Waals surface area contributed by atoms with E-state index >= 15 is 0 Å². The number of benzene rings is 1. The van der Waals surface area contributed by atoms with E-state index in [1.807, 2.05) is 11.8 Å². The first-order valence-corrected chi connectivity index (χ1v) is 7.48. The van der Waals surface area contributed by atoms with E-state index < -0.39 is 0 Å². The Labute approximate surface area is 120 Å². The number of nitrogens with one attached hydrogen (secondary N) is 1. The maximum atomic E-state index is 12.4. The van der Waals surface area contributed by atoms with Gasteiger partial charge in [-0.25, -0.2) is 4.79 Å². The molecule has 0 spiro atoms. The Morgan fingerprint density at radius 2 is 2.25 bits per heavy atom. The van der Waals surface area contributed by atoms with Crippen LogP contribution in [0.15, 0.2) is 18.2 Å². The van der Waals surface area contributed by atoms with Gasteiger partial charge in [0.25, 0.3) is 0 Å². The topological polar surface area (TPSA) is 35.6 Å². The largest absolute Gasteiger partial charge is 0.338 e. The van der Waals surface area contributed by atoms with E-state index in [2.05, 4.69) is 42.4 Å². The molecule has 2 amide bonds. The van der Waals surface area contributed by atoms with Crippen molar-refractivity contribution in [3.05, 3.63) is 29.3 Å². The number of piperidine rings is 1. The Kier molecular flexibility index (Phi) is 3.42. The lowest BCUT2D eigenvalue weighted by molar-refractivity contribution is 0.219. The number of anilines is 1. The summed E-state index contributed by atoms with van der Waals surface area (Å²) in [4.78, 5) is 16.8. The molecular formula is C16H23N3O. The van der Waals surface area contributed by atoms with Crippen LogP contribution < -0.4 is 10.2 Å². The van der Waals surface area contributed by atoms with Gasteiger partial charge in [0.2, 0.25) is 0 Å². The zero-order valence-electron chi connectivity index (χ0n) is 12.5. The molecule has 0 aliphatic carbocycles. The molecule has 3 rings (SSSR count). The molecule has 2 atom stereocenters. The van der Waals surface area contributed by atoms with Crippen LogP contribution in [0.5, 0.6) is 0 Å². The van der Waals surface area contributed by atoms with Gasteiger partial charge in [-0.15, -0.1) is 0 Å². The van der Waals surface area contributed by atoms with Crippen LogP contribution in [0.1, 0.15) is 30.4 Å². The van der Waals surface area contributed by atoms with Crippen molar-refractivity contribution < 1.29 is 4.79 Å². The minimum absolute atomic E-state index is 0.0506. The fourth-order valence-corrected chi connectivity index (χ4v) is 3.58. The molecule has 0 unspecified atom stereocenters. The average molecular weight is 273 g/mol. The van der Waals surface area contributed by atoms with E-state index in [-0.39, 0.29) is 6.03 Å². The summed E-state index contributed by atoms with van der Waals surface area (Å²) in [5.41, 5.74) is 3.72. The van der Waals surface area contributed by atoms with Gasteiger partial charge < -0.3 is 10.2 Å². The van der Waals surface area contributed by atoms with Crippen LogP contribution in [0.4, 0.5) is 10.5 Å². The van der Waals surface area contributed by atoms with Gasteiger partial charge in [0.15, 0.2) is 0 Å². The number of urea groups is 1. The van der Waals surface area contributed by atoms with E-state index in [0.29, 0.717) is 18.5 Å². The lowest BCUT2D eigenvalue weighted by Crippen LogP contribution is -2.50. The Hall–Kier alpha value is -1.55. The standard InChI is InChI=1S/C16H23N3O/c1-4-17-16(20)19-14-6-5-11(2)9-12(14)13-10-18(3)8-7-15(13)19/h5-6,9,13,15H,4,7-8,10H2,1-3H3,(H,17,20)/t13-,15-/m0/s1. The van der Waals surface area contributed by atoms with Gasteiger partial charge in [-0.05, 0) is 45.5 Å². The first-order valence-electron chi connectivity index (χ1n) is 7.48. The van der Waals surface area contributed by atoms with Crippen LogP contribution in [0.2, 0.25) is 0 Å². The van der Waals surface area contributed by atoms with Gasteiger partial charge in [-0.3, -0.25) is 4.90 Å². The van der Waals surface area contributed by atoms with Crippen molar-refractivity contribution in [1.82, 2.24) is 10.2 Å². The summed E-state index contributed by atoms with van der Waals surface area (Å²) < 4.78 is 0. The molecule has 4 nitrogen and oxygen atoms in total. The second kappa shape index (κ2) is 5.09. The second-order valence-corrected chi connectivity index (χ2v) is 5.99. The number of likely N-dealkylation sites (N-methyl/N-ethyl adjacent to an activating group) is 1. The van der Waals surface area contributed by atoms with Gasteiger partial charge >= 0.3 is 6.03 Å². The highest BCUT2D eigenvalue weighted by Crippen LogP contribution is 2.44. The number of carbonyl (C=O) groups excluding carboxylic acids is 1. The Bertz CT molecular complexity index is 528. The molecule has 1 aromatic rings. The summed E-state index contributed by atoms with van der Waals surface area (Å²) in [7, 11) is 2.17. The Balaban J connectivity index is 2.01. The fourth-order valence-electron chi connectivity index (χ4n) is 3.58. The van der Waals surface area contributed by atoms with Crippen molar-refractivity contribution in [2.24, 2.45) is 0 Å². The van der Waals surface area contributed by atoms with Gasteiger partial charge in [0.05, 0.1) is 0 Å². The van der Waals surface area contributed by atoms with E-state index in [9.17, 15) is 4.79 Å². The molecule has 2 heterocycles. The van der Waals surface area contributed by atoms with Crippen LogP contribution in [0, 0.1) is 6.92 Å². The highest BCUT2D eigenvalue weighted by molar-refractivity contribution is 5.95. The number of nitrogens with zero attached hydrogens (tertiary/aromatic N) is 2. The van der Waals surface area contributed by atoms with Crippen LogP contribution >= 0.6 is 0 Å². The molecular weight excluding hydrogens is 250 g/mol. The number of rotatable bonds is 1. The highest BCUT2D eigenvalue weighted by Gasteiger charge is 2.43. The number of aryl methyl sites for hydroxylation is 1. The number of hydrogen-bond acceptors (Lipinski definition) is 2. The van der Waals surface area contributed by atoms with Crippen LogP contribution in [-0.2, 0) is 0 Å². The van der Waals surface area contributed by atoms with Crippen molar-refractivity contribution in [2.75, 3.05) is 31.6 Å². The van der Waals surface area contributed by atoms with Crippen LogP contribution in [-0.4, -0.2) is 43.7 Å².